The van der Waals surface area contributed by atoms with Gasteiger partial charge in [-0.05, 0) is 56.8 Å². The lowest BCUT2D eigenvalue weighted by atomic mass is 9.83. The predicted octanol–water partition coefficient (Wildman–Crippen LogP) is 2.38. The number of pyridine rings is 1. The Balaban J connectivity index is 1.93. The zero-order valence-corrected chi connectivity index (χ0v) is 13.0. The summed E-state index contributed by atoms with van der Waals surface area (Å²) in [5.74, 6) is 1.40. The van der Waals surface area contributed by atoms with Gasteiger partial charge in [-0.3, -0.25) is 0 Å². The van der Waals surface area contributed by atoms with Crippen molar-refractivity contribution in [3.8, 4) is 0 Å². The Kier molecular flexibility index (Phi) is 4.10. The van der Waals surface area contributed by atoms with Crippen molar-refractivity contribution in [2.24, 2.45) is 11.7 Å². The van der Waals surface area contributed by atoms with Gasteiger partial charge in [-0.2, -0.15) is 4.98 Å². The molecule has 1 aliphatic rings. The van der Waals surface area contributed by atoms with Crippen LogP contribution < -0.4 is 10.6 Å². The van der Waals surface area contributed by atoms with E-state index in [0.29, 0.717) is 12.0 Å². The molecule has 0 aromatic carbocycles. The summed E-state index contributed by atoms with van der Waals surface area (Å²) in [6, 6.07) is 4.61. The number of anilines is 1. The first-order valence-corrected chi connectivity index (χ1v) is 8.02. The Morgan fingerprint density at radius 1 is 1.38 bits per heavy atom. The fourth-order valence-corrected chi connectivity index (χ4v) is 3.49. The van der Waals surface area contributed by atoms with E-state index in [0.717, 1.165) is 24.7 Å². The molecule has 3 rings (SSSR count). The van der Waals surface area contributed by atoms with Crippen LogP contribution in [0.5, 0.6) is 0 Å². The van der Waals surface area contributed by atoms with E-state index in [9.17, 15) is 0 Å². The molecule has 2 heterocycles. The van der Waals surface area contributed by atoms with Crippen LogP contribution in [0, 0.1) is 12.8 Å². The number of aromatic nitrogens is 3. The van der Waals surface area contributed by atoms with Crippen molar-refractivity contribution in [1.82, 2.24) is 14.6 Å². The molecule has 21 heavy (non-hydrogen) atoms. The molecule has 0 saturated heterocycles. The summed E-state index contributed by atoms with van der Waals surface area (Å²) < 4.78 is 1.87. The third-order valence-electron chi connectivity index (χ3n) is 4.65. The SMILES string of the molecule is CCN(c1nc2cc(C)ccn2n1)C1CCCCC1CN. The molecule has 1 fully saturated rings. The second-order valence-electron chi connectivity index (χ2n) is 6.05. The first-order chi connectivity index (χ1) is 10.2. The highest BCUT2D eigenvalue weighted by Crippen LogP contribution is 2.30. The quantitative estimate of drug-likeness (QED) is 0.938. The zero-order chi connectivity index (χ0) is 14.8. The Bertz CT molecular complexity index is 606. The molecule has 1 aliphatic carbocycles. The number of hydrogen-bond acceptors (Lipinski definition) is 4. The van der Waals surface area contributed by atoms with E-state index in [1.54, 1.807) is 0 Å². The van der Waals surface area contributed by atoms with Crippen LogP contribution in [-0.4, -0.2) is 33.7 Å². The number of nitrogens with zero attached hydrogens (tertiary/aromatic N) is 4. The van der Waals surface area contributed by atoms with Crippen LogP contribution in [0.25, 0.3) is 5.65 Å². The van der Waals surface area contributed by atoms with Gasteiger partial charge in [-0.25, -0.2) is 4.52 Å². The largest absolute Gasteiger partial charge is 0.336 e. The standard InChI is InChI=1S/C16H25N5/c1-3-20(14-7-5-4-6-13(14)11-17)16-18-15-10-12(2)8-9-21(15)19-16/h8-10,13-14H,3-7,11,17H2,1-2H3. The van der Waals surface area contributed by atoms with Crippen molar-refractivity contribution in [2.45, 2.75) is 45.6 Å². The van der Waals surface area contributed by atoms with Crippen molar-refractivity contribution in [2.75, 3.05) is 18.0 Å². The number of nitrogens with two attached hydrogens (primary N) is 1. The van der Waals surface area contributed by atoms with E-state index in [2.05, 4.69) is 36.0 Å². The number of rotatable bonds is 4. The van der Waals surface area contributed by atoms with E-state index in [-0.39, 0.29) is 0 Å². The minimum atomic E-state index is 0.479. The molecule has 5 nitrogen and oxygen atoms in total. The lowest BCUT2D eigenvalue weighted by Gasteiger charge is -2.38. The third-order valence-corrected chi connectivity index (χ3v) is 4.65. The van der Waals surface area contributed by atoms with Gasteiger partial charge < -0.3 is 10.6 Å². The van der Waals surface area contributed by atoms with Gasteiger partial charge in [-0.15, -0.1) is 5.10 Å². The average Bonchev–Trinajstić information content (AvgIpc) is 2.91. The maximum absolute atomic E-state index is 5.99. The molecule has 0 bridgehead atoms. The molecule has 0 radical (unpaired) electrons. The first-order valence-electron chi connectivity index (χ1n) is 8.02. The molecule has 2 unspecified atom stereocenters. The van der Waals surface area contributed by atoms with Gasteiger partial charge in [0.15, 0.2) is 5.65 Å². The molecule has 2 atom stereocenters. The fourth-order valence-electron chi connectivity index (χ4n) is 3.49. The normalized spacial score (nSPS) is 22.6. The Hall–Kier alpha value is -1.62. The molecular formula is C16H25N5. The van der Waals surface area contributed by atoms with Gasteiger partial charge in [0, 0.05) is 18.8 Å². The van der Waals surface area contributed by atoms with E-state index in [4.69, 9.17) is 10.7 Å². The van der Waals surface area contributed by atoms with Crippen LogP contribution in [0.4, 0.5) is 5.95 Å². The van der Waals surface area contributed by atoms with Gasteiger partial charge in [0.2, 0.25) is 5.95 Å². The molecule has 0 amide bonds. The summed E-state index contributed by atoms with van der Waals surface area (Å²) in [6.07, 6.45) is 6.99. The van der Waals surface area contributed by atoms with Crippen molar-refractivity contribution >= 4 is 11.6 Å². The molecule has 2 aromatic rings. The Labute approximate surface area is 126 Å². The van der Waals surface area contributed by atoms with Gasteiger partial charge in [0.05, 0.1) is 0 Å². The van der Waals surface area contributed by atoms with Crippen LogP contribution in [0.3, 0.4) is 0 Å². The van der Waals surface area contributed by atoms with Gasteiger partial charge >= 0.3 is 0 Å². The molecule has 2 aromatic heterocycles. The summed E-state index contributed by atoms with van der Waals surface area (Å²) >= 11 is 0. The number of hydrogen-bond donors (Lipinski definition) is 1. The van der Waals surface area contributed by atoms with Gasteiger partial charge in [0.1, 0.15) is 0 Å². The minimum Gasteiger partial charge on any atom is -0.336 e. The minimum absolute atomic E-state index is 0.479. The smallest absolute Gasteiger partial charge is 0.245 e. The Morgan fingerprint density at radius 2 is 2.19 bits per heavy atom. The van der Waals surface area contributed by atoms with E-state index in [1.807, 2.05) is 10.7 Å². The molecule has 114 valence electrons. The maximum Gasteiger partial charge on any atom is 0.245 e. The second-order valence-corrected chi connectivity index (χ2v) is 6.05. The third kappa shape index (κ3) is 2.75. The summed E-state index contributed by atoms with van der Waals surface area (Å²) in [7, 11) is 0. The highest BCUT2D eigenvalue weighted by Gasteiger charge is 2.30. The second kappa shape index (κ2) is 6.02. The van der Waals surface area contributed by atoms with Crippen molar-refractivity contribution in [3.63, 3.8) is 0 Å². The average molecular weight is 287 g/mol. The van der Waals surface area contributed by atoms with Gasteiger partial charge in [-0.1, -0.05) is 12.8 Å². The molecule has 5 heteroatoms. The van der Waals surface area contributed by atoms with E-state index < -0.39 is 0 Å². The Morgan fingerprint density at radius 3 is 2.95 bits per heavy atom. The number of aryl methyl sites for hydroxylation is 1. The lowest BCUT2D eigenvalue weighted by Crippen LogP contribution is -2.45. The van der Waals surface area contributed by atoms with Crippen LogP contribution in [0.15, 0.2) is 18.3 Å². The monoisotopic (exact) mass is 287 g/mol. The van der Waals surface area contributed by atoms with Crippen LogP contribution in [0.1, 0.15) is 38.2 Å². The summed E-state index contributed by atoms with van der Waals surface area (Å²) in [5.41, 5.74) is 8.12. The molecule has 1 saturated carbocycles. The topological polar surface area (TPSA) is 59.5 Å². The highest BCUT2D eigenvalue weighted by atomic mass is 15.4. The molecule has 2 N–H and O–H groups in total. The van der Waals surface area contributed by atoms with Gasteiger partial charge in [0.25, 0.3) is 0 Å². The molecular weight excluding hydrogens is 262 g/mol. The first kappa shape index (κ1) is 14.3. The highest BCUT2D eigenvalue weighted by molar-refractivity contribution is 5.47. The summed E-state index contributed by atoms with van der Waals surface area (Å²) in [6.45, 7) is 5.95. The predicted molar refractivity (Wildman–Crippen MR) is 85.5 cm³/mol. The fraction of sp³-hybridized carbons (Fsp3) is 0.625. The zero-order valence-electron chi connectivity index (χ0n) is 13.0. The van der Waals surface area contributed by atoms with Crippen molar-refractivity contribution in [1.29, 1.82) is 0 Å². The number of fused-ring (bicyclic) bond motifs is 1. The lowest BCUT2D eigenvalue weighted by molar-refractivity contribution is 0.298. The van der Waals surface area contributed by atoms with E-state index in [1.165, 1.54) is 31.2 Å². The van der Waals surface area contributed by atoms with Crippen LogP contribution in [-0.2, 0) is 0 Å². The molecule has 0 spiro atoms. The van der Waals surface area contributed by atoms with Crippen molar-refractivity contribution in [3.05, 3.63) is 23.9 Å². The van der Waals surface area contributed by atoms with E-state index >= 15 is 0 Å². The van der Waals surface area contributed by atoms with Crippen LogP contribution >= 0.6 is 0 Å². The molecule has 0 aliphatic heterocycles. The summed E-state index contributed by atoms with van der Waals surface area (Å²) in [4.78, 5) is 7.07. The van der Waals surface area contributed by atoms with Crippen molar-refractivity contribution < 1.29 is 0 Å². The van der Waals surface area contributed by atoms with Crippen LogP contribution in [0.2, 0.25) is 0 Å². The summed E-state index contributed by atoms with van der Waals surface area (Å²) in [5, 5.41) is 4.66. The maximum atomic E-state index is 5.99.